The lowest BCUT2D eigenvalue weighted by molar-refractivity contribution is -0.346. The van der Waals surface area contributed by atoms with Gasteiger partial charge in [0.15, 0.2) is 0 Å². The van der Waals surface area contributed by atoms with Crippen LogP contribution in [0.5, 0.6) is 6.01 Å². The first-order chi connectivity index (χ1) is 8.50. The van der Waals surface area contributed by atoms with E-state index in [0.717, 1.165) is 12.4 Å². The molecule has 0 bridgehead atoms. The molecule has 0 atom stereocenters. The smallest absolute Gasteiger partial charge is 0.386 e. The average molecular weight is 292 g/mol. The highest BCUT2D eigenvalue weighted by molar-refractivity contribution is 5.80. The Labute approximate surface area is 99.8 Å². The summed E-state index contributed by atoms with van der Waals surface area (Å²) >= 11 is 0. The molecule has 0 aromatic carbocycles. The lowest BCUT2D eigenvalue weighted by Gasteiger charge is -2.25. The lowest BCUT2D eigenvalue weighted by atomic mass is 10.1. The molecule has 106 valence electrons. The summed E-state index contributed by atoms with van der Waals surface area (Å²) < 4.78 is 89.3. The summed E-state index contributed by atoms with van der Waals surface area (Å²) in [7, 11) is 0. The fourth-order valence-corrected chi connectivity index (χ4v) is 0.791. The first-order valence-electron chi connectivity index (χ1n) is 4.32. The number of ether oxygens (including phenoxy) is 1. The maximum atomic E-state index is 12.8. The number of hydrogen-bond donors (Lipinski definition) is 0. The van der Waals surface area contributed by atoms with E-state index in [4.69, 9.17) is 0 Å². The van der Waals surface area contributed by atoms with Crippen LogP contribution in [0.25, 0.3) is 0 Å². The van der Waals surface area contributed by atoms with Crippen molar-refractivity contribution in [2.45, 2.75) is 18.0 Å². The monoisotopic (exact) mass is 292 g/mol. The van der Waals surface area contributed by atoms with E-state index in [1.165, 1.54) is 6.07 Å². The van der Waals surface area contributed by atoms with Gasteiger partial charge in [0, 0.05) is 12.4 Å². The van der Waals surface area contributed by atoms with Gasteiger partial charge < -0.3 is 4.74 Å². The third kappa shape index (κ3) is 2.74. The van der Waals surface area contributed by atoms with Crippen molar-refractivity contribution in [2.75, 3.05) is 0 Å². The molecule has 0 aliphatic heterocycles. The Balaban J connectivity index is 2.98. The Morgan fingerprint density at radius 3 is 1.89 bits per heavy atom. The van der Waals surface area contributed by atoms with Crippen LogP contribution in [0.1, 0.15) is 0 Å². The van der Waals surface area contributed by atoms with Crippen molar-refractivity contribution in [1.29, 1.82) is 0 Å². The summed E-state index contributed by atoms with van der Waals surface area (Å²) in [6.07, 6.45) is -4.82. The number of esters is 1. The summed E-state index contributed by atoms with van der Waals surface area (Å²) in [6, 6.07) is 0.0879. The fraction of sp³-hybridized carbons (Fsp3) is 0.375. The summed E-state index contributed by atoms with van der Waals surface area (Å²) in [6.45, 7) is 0. The van der Waals surface area contributed by atoms with Gasteiger partial charge in [-0.2, -0.15) is 30.7 Å². The van der Waals surface area contributed by atoms with E-state index in [0.29, 0.717) is 0 Å². The van der Waals surface area contributed by atoms with Gasteiger partial charge in [-0.1, -0.05) is 0 Å². The molecule has 0 aliphatic carbocycles. The van der Waals surface area contributed by atoms with Crippen LogP contribution >= 0.6 is 0 Å². The van der Waals surface area contributed by atoms with E-state index in [9.17, 15) is 35.5 Å². The van der Waals surface area contributed by atoms with Crippen LogP contribution in [-0.4, -0.2) is 34.0 Å². The van der Waals surface area contributed by atoms with Crippen molar-refractivity contribution < 1.29 is 40.3 Å². The average Bonchev–Trinajstić information content (AvgIpc) is 2.28. The number of rotatable bonds is 3. The van der Waals surface area contributed by atoms with E-state index < -0.39 is 30.0 Å². The van der Waals surface area contributed by atoms with Gasteiger partial charge in [-0.3, -0.25) is 0 Å². The van der Waals surface area contributed by atoms with Gasteiger partial charge in [0.2, 0.25) is 0 Å². The minimum atomic E-state index is -6.62. The van der Waals surface area contributed by atoms with Crippen molar-refractivity contribution in [2.24, 2.45) is 0 Å². The molecule has 0 fully saturated rings. The zero-order valence-electron chi connectivity index (χ0n) is 8.59. The number of aromatic nitrogens is 2. The maximum Gasteiger partial charge on any atom is 0.460 e. The normalized spacial score (nSPS) is 13.2. The second-order valence-electron chi connectivity index (χ2n) is 3.07. The standard InChI is InChI=1S/C8H3F7N2O2/c9-6(10,7(11,12)8(13,14)15)4(18)19-5-16-2-1-3-17-5/h1-3H. The van der Waals surface area contributed by atoms with Gasteiger partial charge >= 0.3 is 30.0 Å². The first kappa shape index (κ1) is 15.1. The molecule has 0 spiro atoms. The highest BCUT2D eigenvalue weighted by atomic mass is 19.4. The van der Waals surface area contributed by atoms with Gasteiger partial charge in [-0.25, -0.2) is 14.8 Å². The largest absolute Gasteiger partial charge is 0.460 e. The topological polar surface area (TPSA) is 52.1 Å². The third-order valence-corrected chi connectivity index (χ3v) is 1.73. The lowest BCUT2D eigenvalue weighted by Crippen LogP contribution is -2.57. The van der Waals surface area contributed by atoms with Crippen LogP contribution in [0.3, 0.4) is 0 Å². The Hall–Kier alpha value is -1.94. The minimum Gasteiger partial charge on any atom is -0.386 e. The number of alkyl halides is 7. The van der Waals surface area contributed by atoms with E-state index in [1.54, 1.807) is 0 Å². The molecular weight excluding hydrogens is 289 g/mol. The third-order valence-electron chi connectivity index (χ3n) is 1.73. The van der Waals surface area contributed by atoms with Gasteiger partial charge in [-0.15, -0.1) is 0 Å². The number of halogens is 7. The highest BCUT2D eigenvalue weighted by Crippen LogP contribution is 2.46. The zero-order chi connectivity index (χ0) is 14.9. The molecular formula is C8H3F7N2O2. The van der Waals surface area contributed by atoms with Crippen LogP contribution in [0.15, 0.2) is 18.5 Å². The van der Waals surface area contributed by atoms with E-state index >= 15 is 0 Å². The van der Waals surface area contributed by atoms with Gasteiger partial charge in [0.1, 0.15) is 0 Å². The molecule has 1 aromatic heterocycles. The molecule has 11 heteroatoms. The van der Waals surface area contributed by atoms with Crippen molar-refractivity contribution >= 4 is 5.97 Å². The van der Waals surface area contributed by atoms with Gasteiger partial charge in [0.25, 0.3) is 0 Å². The molecule has 19 heavy (non-hydrogen) atoms. The number of carbonyl (C=O) groups is 1. The molecule has 1 rings (SSSR count). The summed E-state index contributed by atoms with van der Waals surface area (Å²) in [5.41, 5.74) is 0. The predicted molar refractivity (Wildman–Crippen MR) is 43.6 cm³/mol. The SMILES string of the molecule is O=C(Oc1ncccn1)C(F)(F)C(F)(F)C(F)(F)F. The van der Waals surface area contributed by atoms with Crippen LogP contribution < -0.4 is 4.74 Å². The zero-order valence-corrected chi connectivity index (χ0v) is 8.59. The quantitative estimate of drug-likeness (QED) is 0.633. The van der Waals surface area contributed by atoms with Crippen LogP contribution in [-0.2, 0) is 4.79 Å². The Bertz CT molecular complexity index is 460. The molecule has 1 aromatic rings. The Morgan fingerprint density at radius 1 is 1.00 bits per heavy atom. The number of hydrogen-bond acceptors (Lipinski definition) is 4. The molecule has 4 nitrogen and oxygen atoms in total. The molecule has 1 heterocycles. The summed E-state index contributed by atoms with van der Waals surface area (Å²) in [5, 5.41) is 0. The number of carbonyl (C=O) groups excluding carboxylic acids is 1. The maximum absolute atomic E-state index is 12.8. The summed E-state index contributed by atoms with van der Waals surface area (Å²) in [5.74, 6) is -15.8. The van der Waals surface area contributed by atoms with Gasteiger partial charge in [0.05, 0.1) is 0 Å². The first-order valence-corrected chi connectivity index (χ1v) is 4.32. The van der Waals surface area contributed by atoms with Crippen molar-refractivity contribution in [3.63, 3.8) is 0 Å². The van der Waals surface area contributed by atoms with E-state index in [1.807, 2.05) is 0 Å². The summed E-state index contributed by atoms with van der Waals surface area (Å²) in [4.78, 5) is 16.8. The van der Waals surface area contributed by atoms with Crippen LogP contribution in [0.2, 0.25) is 0 Å². The van der Waals surface area contributed by atoms with Crippen molar-refractivity contribution in [3.8, 4) is 6.01 Å². The fourth-order valence-electron chi connectivity index (χ4n) is 0.791. The Morgan fingerprint density at radius 2 is 1.47 bits per heavy atom. The molecule has 0 unspecified atom stereocenters. The molecule has 0 amide bonds. The van der Waals surface area contributed by atoms with E-state index in [-0.39, 0.29) is 0 Å². The second kappa shape index (κ2) is 4.63. The molecule has 0 radical (unpaired) electrons. The minimum absolute atomic E-state index is 0.898. The van der Waals surface area contributed by atoms with Crippen LogP contribution in [0, 0.1) is 0 Å². The molecule has 0 N–H and O–H groups in total. The van der Waals surface area contributed by atoms with Crippen molar-refractivity contribution in [1.82, 2.24) is 9.97 Å². The van der Waals surface area contributed by atoms with Crippen LogP contribution in [0.4, 0.5) is 30.7 Å². The highest BCUT2D eigenvalue weighted by Gasteiger charge is 2.77. The van der Waals surface area contributed by atoms with E-state index in [2.05, 4.69) is 14.7 Å². The number of nitrogens with zero attached hydrogens (tertiary/aromatic N) is 2. The van der Waals surface area contributed by atoms with Crippen molar-refractivity contribution in [3.05, 3.63) is 18.5 Å². The van der Waals surface area contributed by atoms with Gasteiger partial charge in [-0.05, 0) is 6.07 Å². The molecule has 0 saturated carbocycles. The molecule has 0 saturated heterocycles. The Kier molecular flexibility index (Phi) is 3.68. The predicted octanol–water partition coefficient (Wildman–Crippen LogP) is 2.21. The second-order valence-corrected chi connectivity index (χ2v) is 3.07. The molecule has 0 aliphatic rings.